The van der Waals surface area contributed by atoms with Crippen LogP contribution < -0.4 is 4.90 Å². The topological polar surface area (TPSA) is 67.9 Å². The molecule has 3 aromatic carbocycles. The maximum Gasteiger partial charge on any atom is 0.185 e. The number of Topliss-reactive ketones (excluding diaryl/α,β-unsaturated/α-hetero) is 1. The molecule has 2 heterocycles. The first-order valence-electron chi connectivity index (χ1n) is 10.7. The minimum absolute atomic E-state index is 0.0947. The fourth-order valence-electron chi connectivity index (χ4n) is 5.23. The summed E-state index contributed by atoms with van der Waals surface area (Å²) in [5.41, 5.74) is 2.90. The summed E-state index contributed by atoms with van der Waals surface area (Å²) >= 11 is 3.47. The molecule has 1 fully saturated rings. The number of fused-ring (bicyclic) bond motifs is 3. The Kier molecular flexibility index (Phi) is 5.16. The van der Waals surface area contributed by atoms with Crippen LogP contribution in [0.1, 0.15) is 33.0 Å². The van der Waals surface area contributed by atoms with Gasteiger partial charge in [0.1, 0.15) is 6.04 Å². The molecular formula is C28H20BrN3O. The van der Waals surface area contributed by atoms with Crippen LogP contribution in [0.2, 0.25) is 0 Å². The average Bonchev–Trinajstić information content (AvgIpc) is 3.15. The molecule has 2 aliphatic heterocycles. The molecule has 3 aromatic rings. The summed E-state index contributed by atoms with van der Waals surface area (Å²) in [6, 6.07) is 26.3. The molecule has 4 nitrogen and oxygen atoms in total. The van der Waals surface area contributed by atoms with Crippen molar-refractivity contribution in [2.75, 3.05) is 4.90 Å². The van der Waals surface area contributed by atoms with Gasteiger partial charge in [-0.15, -0.1) is 0 Å². The molecule has 0 unspecified atom stereocenters. The number of ketones is 1. The van der Waals surface area contributed by atoms with Crippen LogP contribution in [-0.4, -0.2) is 17.9 Å². The van der Waals surface area contributed by atoms with Gasteiger partial charge in [0, 0.05) is 21.6 Å². The first-order valence-corrected chi connectivity index (χ1v) is 11.5. The van der Waals surface area contributed by atoms with E-state index in [4.69, 9.17) is 0 Å². The van der Waals surface area contributed by atoms with Gasteiger partial charge in [0.25, 0.3) is 0 Å². The number of aryl methyl sites for hydroxylation is 1. The SMILES string of the molecule is Cc1ccc2c(c1)C=C[C@@H]1N2[C@@H](C(=O)c2ccccc2)[C@H](c2ccc(Br)cc2)C1(C#N)C#N. The molecule has 2 aliphatic rings. The molecule has 0 aliphatic carbocycles. The highest BCUT2D eigenvalue weighted by Crippen LogP contribution is 2.55. The van der Waals surface area contributed by atoms with Gasteiger partial charge in [-0.05, 0) is 42.3 Å². The molecule has 33 heavy (non-hydrogen) atoms. The van der Waals surface area contributed by atoms with Crippen LogP contribution in [0.4, 0.5) is 5.69 Å². The zero-order valence-corrected chi connectivity index (χ0v) is 19.5. The Hall–Kier alpha value is -3.67. The number of nitriles is 2. The molecular weight excluding hydrogens is 474 g/mol. The molecule has 0 bridgehead atoms. The van der Waals surface area contributed by atoms with E-state index < -0.39 is 23.4 Å². The molecule has 0 saturated carbocycles. The van der Waals surface area contributed by atoms with Crippen LogP contribution in [0.25, 0.3) is 6.08 Å². The predicted octanol–water partition coefficient (Wildman–Crippen LogP) is 6.04. The maximum atomic E-state index is 14.1. The Morgan fingerprint density at radius 1 is 1.00 bits per heavy atom. The average molecular weight is 494 g/mol. The number of halogens is 1. The van der Waals surface area contributed by atoms with Crippen molar-refractivity contribution >= 4 is 33.5 Å². The molecule has 5 heteroatoms. The van der Waals surface area contributed by atoms with Gasteiger partial charge in [-0.2, -0.15) is 10.5 Å². The quantitative estimate of drug-likeness (QED) is 0.417. The first kappa shape index (κ1) is 21.2. The van der Waals surface area contributed by atoms with Crippen LogP contribution in [0.5, 0.6) is 0 Å². The molecule has 0 N–H and O–H groups in total. The zero-order valence-electron chi connectivity index (χ0n) is 17.9. The second-order valence-electron chi connectivity index (χ2n) is 8.57. The Morgan fingerprint density at radius 3 is 2.36 bits per heavy atom. The van der Waals surface area contributed by atoms with E-state index in [1.165, 1.54) is 0 Å². The molecule has 0 radical (unpaired) electrons. The lowest BCUT2D eigenvalue weighted by molar-refractivity contribution is 0.0951. The summed E-state index contributed by atoms with van der Waals surface area (Å²) in [6.07, 6.45) is 3.89. The van der Waals surface area contributed by atoms with Gasteiger partial charge < -0.3 is 4.90 Å². The van der Waals surface area contributed by atoms with Crippen molar-refractivity contribution in [2.45, 2.75) is 24.9 Å². The van der Waals surface area contributed by atoms with E-state index in [-0.39, 0.29) is 5.78 Å². The van der Waals surface area contributed by atoms with Gasteiger partial charge in [-0.1, -0.05) is 82.2 Å². The standard InChI is InChI=1S/C28H20BrN3O/c1-18-7-13-23-21(15-18)10-14-24-28(16-30,17-31)25(19-8-11-22(29)12-9-19)26(32(23)24)27(33)20-5-3-2-4-6-20/h2-15,24-26H,1H3/t24-,25-,26+/m0/s1. The van der Waals surface area contributed by atoms with E-state index in [0.717, 1.165) is 26.9 Å². The van der Waals surface area contributed by atoms with Gasteiger partial charge in [0.15, 0.2) is 11.2 Å². The van der Waals surface area contributed by atoms with Crippen molar-refractivity contribution in [3.63, 3.8) is 0 Å². The summed E-state index contributed by atoms with van der Waals surface area (Å²) in [4.78, 5) is 16.1. The van der Waals surface area contributed by atoms with Crippen molar-refractivity contribution in [2.24, 2.45) is 5.41 Å². The van der Waals surface area contributed by atoms with E-state index in [9.17, 15) is 15.3 Å². The minimum Gasteiger partial charge on any atom is -0.351 e. The van der Waals surface area contributed by atoms with Crippen LogP contribution in [0.3, 0.4) is 0 Å². The largest absolute Gasteiger partial charge is 0.351 e. The van der Waals surface area contributed by atoms with Gasteiger partial charge >= 0.3 is 0 Å². The number of benzene rings is 3. The lowest BCUT2D eigenvalue weighted by Gasteiger charge is -2.35. The van der Waals surface area contributed by atoms with Crippen molar-refractivity contribution in [3.8, 4) is 12.1 Å². The second kappa shape index (κ2) is 8.03. The van der Waals surface area contributed by atoms with Crippen molar-refractivity contribution in [1.29, 1.82) is 10.5 Å². The number of hydrogen-bond acceptors (Lipinski definition) is 4. The fourth-order valence-corrected chi connectivity index (χ4v) is 5.49. The van der Waals surface area contributed by atoms with Crippen LogP contribution in [0, 0.1) is 35.0 Å². The van der Waals surface area contributed by atoms with Gasteiger partial charge in [0.2, 0.25) is 0 Å². The van der Waals surface area contributed by atoms with Crippen LogP contribution in [0.15, 0.2) is 83.3 Å². The summed E-state index contributed by atoms with van der Waals surface area (Å²) in [7, 11) is 0. The highest BCUT2D eigenvalue weighted by atomic mass is 79.9. The Balaban J connectivity index is 1.79. The molecule has 0 aromatic heterocycles. The van der Waals surface area contributed by atoms with Crippen molar-refractivity contribution in [3.05, 3.63) is 106 Å². The van der Waals surface area contributed by atoms with E-state index >= 15 is 0 Å². The third-order valence-electron chi connectivity index (χ3n) is 6.72. The number of rotatable bonds is 3. The predicted molar refractivity (Wildman–Crippen MR) is 132 cm³/mol. The van der Waals surface area contributed by atoms with E-state index in [1.807, 2.05) is 78.6 Å². The molecule has 5 rings (SSSR count). The van der Waals surface area contributed by atoms with Crippen LogP contribution >= 0.6 is 15.9 Å². The highest BCUT2D eigenvalue weighted by Gasteiger charge is 2.63. The summed E-state index contributed by atoms with van der Waals surface area (Å²) in [5.74, 6) is -0.724. The van der Waals surface area contributed by atoms with Crippen molar-refractivity contribution < 1.29 is 4.79 Å². The third-order valence-corrected chi connectivity index (χ3v) is 7.25. The molecule has 0 amide bonds. The van der Waals surface area contributed by atoms with E-state index in [0.29, 0.717) is 5.56 Å². The molecule has 0 spiro atoms. The summed E-state index contributed by atoms with van der Waals surface area (Å²) in [5, 5.41) is 20.9. The Bertz CT molecular complexity index is 1330. The van der Waals surface area contributed by atoms with E-state index in [1.54, 1.807) is 12.1 Å². The van der Waals surface area contributed by atoms with Gasteiger partial charge in [0.05, 0.1) is 18.2 Å². The number of nitrogens with zero attached hydrogens (tertiary/aromatic N) is 3. The second-order valence-corrected chi connectivity index (χ2v) is 9.49. The monoisotopic (exact) mass is 493 g/mol. The van der Waals surface area contributed by atoms with Crippen molar-refractivity contribution in [1.82, 2.24) is 0 Å². The summed E-state index contributed by atoms with van der Waals surface area (Å²) in [6.45, 7) is 2.02. The molecule has 160 valence electrons. The zero-order chi connectivity index (χ0) is 23.2. The van der Waals surface area contributed by atoms with Gasteiger partial charge in [-0.25, -0.2) is 0 Å². The fraction of sp³-hybridized carbons (Fsp3) is 0.179. The number of hydrogen-bond donors (Lipinski definition) is 0. The minimum atomic E-state index is -1.43. The maximum absolute atomic E-state index is 14.1. The lowest BCUT2D eigenvalue weighted by atomic mass is 9.69. The first-order chi connectivity index (χ1) is 16.0. The summed E-state index contributed by atoms with van der Waals surface area (Å²) < 4.78 is 0.896. The molecule has 3 atom stereocenters. The normalized spacial score (nSPS) is 22.1. The van der Waals surface area contributed by atoms with Crippen LogP contribution in [-0.2, 0) is 0 Å². The number of carbonyl (C=O) groups excluding carboxylic acids is 1. The Morgan fingerprint density at radius 2 is 1.70 bits per heavy atom. The third kappa shape index (κ3) is 3.20. The smallest absolute Gasteiger partial charge is 0.185 e. The lowest BCUT2D eigenvalue weighted by Crippen LogP contribution is -2.44. The number of anilines is 1. The van der Waals surface area contributed by atoms with Gasteiger partial charge in [-0.3, -0.25) is 4.79 Å². The highest BCUT2D eigenvalue weighted by molar-refractivity contribution is 9.10. The molecule has 1 saturated heterocycles. The van der Waals surface area contributed by atoms with E-state index in [2.05, 4.69) is 34.1 Å². The Labute approximate surface area is 201 Å². The number of carbonyl (C=O) groups is 1.